The molecule has 0 amide bonds. The van der Waals surface area contributed by atoms with Gasteiger partial charge in [-0.3, -0.25) is 0 Å². The van der Waals surface area contributed by atoms with Gasteiger partial charge in [0.05, 0.1) is 10.3 Å². The molecule has 0 bridgehead atoms. The van der Waals surface area contributed by atoms with Gasteiger partial charge in [0.2, 0.25) is 0 Å². The first-order valence-electron chi connectivity index (χ1n) is 9.57. The lowest BCUT2D eigenvalue weighted by Crippen LogP contribution is -2.40. The first kappa shape index (κ1) is 17.5. The van der Waals surface area contributed by atoms with Crippen molar-refractivity contribution >= 4 is 32.4 Å². The van der Waals surface area contributed by atoms with E-state index in [2.05, 4.69) is 24.8 Å². The van der Waals surface area contributed by atoms with Crippen molar-refractivity contribution in [1.29, 1.82) is 0 Å². The Balaban J connectivity index is 1.33. The van der Waals surface area contributed by atoms with Crippen molar-refractivity contribution in [3.05, 3.63) is 42.9 Å². The number of benzene rings is 1. The van der Waals surface area contributed by atoms with Gasteiger partial charge in [-0.05, 0) is 48.6 Å². The molecule has 28 heavy (non-hydrogen) atoms. The van der Waals surface area contributed by atoms with Gasteiger partial charge in [0, 0.05) is 44.3 Å². The van der Waals surface area contributed by atoms with E-state index in [1.165, 1.54) is 6.26 Å². The van der Waals surface area contributed by atoms with Crippen LogP contribution in [0, 0.1) is 11.8 Å². The minimum absolute atomic E-state index is 0.373. The average molecular weight is 398 g/mol. The maximum absolute atomic E-state index is 11.7. The first-order chi connectivity index (χ1) is 13.5. The Hall–Kier alpha value is -2.61. The molecule has 3 aromatic rings. The lowest BCUT2D eigenvalue weighted by molar-refractivity contribution is 0.348. The number of nitrogens with zero attached hydrogens (tertiary/aromatic N) is 4. The van der Waals surface area contributed by atoms with E-state index in [1.54, 1.807) is 18.5 Å². The van der Waals surface area contributed by atoms with E-state index in [1.807, 2.05) is 24.4 Å². The van der Waals surface area contributed by atoms with Gasteiger partial charge in [0.1, 0.15) is 17.8 Å². The van der Waals surface area contributed by atoms with E-state index in [4.69, 9.17) is 0 Å². The highest BCUT2D eigenvalue weighted by molar-refractivity contribution is 7.90. The molecule has 2 aliphatic heterocycles. The molecule has 2 aliphatic rings. The fourth-order valence-electron chi connectivity index (χ4n) is 4.59. The van der Waals surface area contributed by atoms with E-state index in [-0.39, 0.29) is 0 Å². The third-order valence-corrected chi connectivity index (χ3v) is 7.19. The molecule has 2 fully saturated rings. The molecule has 8 heteroatoms. The van der Waals surface area contributed by atoms with Crippen LogP contribution in [0.15, 0.2) is 47.8 Å². The van der Waals surface area contributed by atoms with Crippen LogP contribution >= 0.6 is 0 Å². The lowest BCUT2D eigenvalue weighted by Gasteiger charge is -2.35. The van der Waals surface area contributed by atoms with Crippen molar-refractivity contribution in [3.63, 3.8) is 0 Å². The number of nitrogens with one attached hydrogen (secondary N) is 1. The fourth-order valence-corrected chi connectivity index (χ4v) is 5.22. The predicted octanol–water partition coefficient (Wildman–Crippen LogP) is 2.32. The minimum atomic E-state index is -3.15. The molecule has 1 N–H and O–H groups in total. The average Bonchev–Trinajstić information content (AvgIpc) is 3.33. The third kappa shape index (κ3) is 3.01. The number of sulfone groups is 1. The van der Waals surface area contributed by atoms with E-state index in [0.29, 0.717) is 16.7 Å². The normalized spacial score (nSPS) is 22.6. The summed E-state index contributed by atoms with van der Waals surface area (Å²) in [5.41, 5.74) is 1.98. The molecule has 5 rings (SSSR count). The van der Waals surface area contributed by atoms with Crippen LogP contribution in [0.5, 0.6) is 0 Å². The Morgan fingerprint density at radius 2 is 1.75 bits per heavy atom. The molecule has 2 saturated heterocycles. The minimum Gasteiger partial charge on any atom is -0.371 e. The van der Waals surface area contributed by atoms with Gasteiger partial charge in [-0.15, -0.1) is 0 Å². The van der Waals surface area contributed by atoms with Gasteiger partial charge < -0.3 is 14.8 Å². The van der Waals surface area contributed by atoms with Crippen LogP contribution in [-0.4, -0.2) is 55.8 Å². The lowest BCUT2D eigenvalue weighted by atomic mass is 9.88. The largest absolute Gasteiger partial charge is 0.371 e. The Labute approximate surface area is 164 Å². The third-order valence-electron chi connectivity index (χ3n) is 6.06. The smallest absolute Gasteiger partial charge is 0.175 e. The zero-order valence-electron chi connectivity index (χ0n) is 15.7. The summed E-state index contributed by atoms with van der Waals surface area (Å²) in [7, 11) is -3.15. The van der Waals surface area contributed by atoms with E-state index in [0.717, 1.165) is 55.1 Å². The Bertz CT molecular complexity index is 1110. The summed E-state index contributed by atoms with van der Waals surface area (Å²) in [5.74, 6) is 2.25. The maximum Gasteiger partial charge on any atom is 0.175 e. The van der Waals surface area contributed by atoms with E-state index >= 15 is 0 Å². The second-order valence-electron chi connectivity index (χ2n) is 7.86. The molecular formula is C20H23N5O2S. The summed E-state index contributed by atoms with van der Waals surface area (Å²) in [4.78, 5) is 17.1. The van der Waals surface area contributed by atoms with Crippen molar-refractivity contribution < 1.29 is 8.42 Å². The Morgan fingerprint density at radius 3 is 2.54 bits per heavy atom. The molecule has 7 nitrogen and oxygen atoms in total. The van der Waals surface area contributed by atoms with Crippen LogP contribution in [0.25, 0.3) is 11.0 Å². The number of aromatic nitrogens is 3. The number of hydrogen-bond acceptors (Lipinski definition) is 6. The van der Waals surface area contributed by atoms with E-state index in [9.17, 15) is 8.42 Å². The van der Waals surface area contributed by atoms with Crippen LogP contribution in [0.2, 0.25) is 0 Å². The molecular weight excluding hydrogens is 374 g/mol. The van der Waals surface area contributed by atoms with Gasteiger partial charge in [0.15, 0.2) is 9.84 Å². The highest BCUT2D eigenvalue weighted by atomic mass is 32.2. The molecule has 0 saturated carbocycles. The van der Waals surface area contributed by atoms with Crippen LogP contribution in [-0.2, 0) is 9.84 Å². The highest BCUT2D eigenvalue weighted by Crippen LogP contribution is 2.36. The molecule has 2 atom stereocenters. The number of anilines is 2. The van der Waals surface area contributed by atoms with Crippen molar-refractivity contribution in [3.8, 4) is 0 Å². The van der Waals surface area contributed by atoms with Gasteiger partial charge in [-0.25, -0.2) is 18.4 Å². The van der Waals surface area contributed by atoms with Crippen LogP contribution in [0.1, 0.15) is 6.42 Å². The molecule has 146 valence electrons. The molecule has 0 spiro atoms. The molecule has 0 unspecified atom stereocenters. The quantitative estimate of drug-likeness (QED) is 0.730. The van der Waals surface area contributed by atoms with Crippen molar-refractivity contribution in [2.45, 2.75) is 11.3 Å². The summed E-state index contributed by atoms with van der Waals surface area (Å²) >= 11 is 0. The van der Waals surface area contributed by atoms with Gasteiger partial charge >= 0.3 is 0 Å². The topological polar surface area (TPSA) is 82.2 Å². The first-order valence-corrected chi connectivity index (χ1v) is 11.5. The Kier molecular flexibility index (Phi) is 4.04. The summed E-state index contributed by atoms with van der Waals surface area (Å²) in [5, 5.41) is 1.08. The number of aromatic amines is 1. The van der Waals surface area contributed by atoms with Crippen LogP contribution < -0.4 is 9.80 Å². The summed E-state index contributed by atoms with van der Waals surface area (Å²) in [6.07, 6.45) is 5.92. The molecule has 0 radical (unpaired) electrons. The summed E-state index contributed by atoms with van der Waals surface area (Å²) in [6.45, 7) is 4.00. The number of piperidine rings is 1. The number of fused-ring (bicyclic) bond motifs is 2. The number of hydrogen-bond donors (Lipinski definition) is 1. The second kappa shape index (κ2) is 6.48. The monoisotopic (exact) mass is 397 g/mol. The van der Waals surface area contributed by atoms with Gasteiger partial charge in [0.25, 0.3) is 0 Å². The van der Waals surface area contributed by atoms with E-state index < -0.39 is 9.84 Å². The SMILES string of the molecule is CS(=O)(=O)c1ccc(N2C[C@H]3CCN(c4ncnc5[nH]ccc45)C[C@H]3C2)cc1. The summed E-state index contributed by atoms with van der Waals surface area (Å²) in [6, 6.07) is 9.32. The van der Waals surface area contributed by atoms with Gasteiger partial charge in [-0.1, -0.05) is 0 Å². The highest BCUT2D eigenvalue weighted by Gasteiger charge is 2.37. The fraction of sp³-hybridized carbons (Fsp3) is 0.400. The Morgan fingerprint density at radius 1 is 1.00 bits per heavy atom. The molecule has 4 heterocycles. The van der Waals surface area contributed by atoms with Gasteiger partial charge in [-0.2, -0.15) is 0 Å². The molecule has 2 aromatic heterocycles. The predicted molar refractivity (Wildman–Crippen MR) is 109 cm³/mol. The second-order valence-corrected chi connectivity index (χ2v) is 9.88. The maximum atomic E-state index is 11.7. The van der Waals surface area contributed by atoms with Crippen molar-refractivity contribution in [1.82, 2.24) is 15.0 Å². The molecule has 0 aliphatic carbocycles. The summed E-state index contributed by atoms with van der Waals surface area (Å²) < 4.78 is 23.4. The number of rotatable bonds is 3. The van der Waals surface area contributed by atoms with Crippen molar-refractivity contribution in [2.75, 3.05) is 42.2 Å². The van der Waals surface area contributed by atoms with Crippen molar-refractivity contribution in [2.24, 2.45) is 11.8 Å². The zero-order chi connectivity index (χ0) is 19.3. The van der Waals surface area contributed by atoms with Crippen LogP contribution in [0.4, 0.5) is 11.5 Å². The zero-order valence-corrected chi connectivity index (χ0v) is 16.6. The van der Waals surface area contributed by atoms with Crippen LogP contribution in [0.3, 0.4) is 0 Å². The standard InChI is InChI=1S/C20H23N5O2S/c1-28(26,27)17-4-2-16(3-5-17)25-10-14-7-9-24(11-15(14)12-25)20-18-6-8-21-19(18)22-13-23-20/h2-6,8,13-15H,7,9-12H2,1H3,(H,21,22,23)/t14-,15+/m1/s1. The molecule has 1 aromatic carbocycles. The number of H-pyrrole nitrogens is 1.